The van der Waals surface area contributed by atoms with E-state index in [1.54, 1.807) is 13.2 Å². The van der Waals surface area contributed by atoms with Crippen LogP contribution in [-0.4, -0.2) is 12.9 Å². The smallest absolute Gasteiger partial charge is 0.133 e. The topological polar surface area (TPSA) is 68.3 Å². The molecule has 0 bridgehead atoms. The third-order valence-corrected chi connectivity index (χ3v) is 3.44. The van der Waals surface area contributed by atoms with Gasteiger partial charge in [-0.15, -0.1) is 0 Å². The van der Waals surface area contributed by atoms with Crippen LogP contribution in [0.1, 0.15) is 11.1 Å². The van der Waals surface area contributed by atoms with Crippen LogP contribution in [0.5, 0.6) is 11.5 Å². The number of benzene rings is 2. The van der Waals surface area contributed by atoms with Gasteiger partial charge in [-0.2, -0.15) is 0 Å². The van der Waals surface area contributed by atoms with Gasteiger partial charge in [0.2, 0.25) is 0 Å². The Bertz CT molecular complexity index is 629. The Hall–Kier alpha value is -2.01. The summed E-state index contributed by atoms with van der Waals surface area (Å²) in [5, 5.41) is 7.47. The Balaban J connectivity index is 2.15. The van der Waals surface area contributed by atoms with E-state index in [0.717, 1.165) is 15.8 Å². The lowest BCUT2D eigenvalue weighted by molar-refractivity contribution is 0.303. The third-order valence-electron chi connectivity index (χ3n) is 2.79. The second kappa shape index (κ2) is 6.43. The van der Waals surface area contributed by atoms with Gasteiger partial charge in [-0.3, -0.25) is 5.41 Å². The van der Waals surface area contributed by atoms with Gasteiger partial charge in [-0.1, -0.05) is 18.2 Å². The molecule has 0 saturated carbocycles. The van der Waals surface area contributed by atoms with Crippen LogP contribution < -0.4 is 15.2 Å². The molecule has 20 heavy (non-hydrogen) atoms. The molecule has 2 aromatic carbocycles. The van der Waals surface area contributed by atoms with E-state index >= 15 is 0 Å². The lowest BCUT2D eigenvalue weighted by Crippen LogP contribution is -2.12. The first-order chi connectivity index (χ1) is 9.61. The summed E-state index contributed by atoms with van der Waals surface area (Å²) in [5.41, 5.74) is 7.02. The zero-order valence-electron chi connectivity index (χ0n) is 11.0. The summed E-state index contributed by atoms with van der Waals surface area (Å²) in [6.07, 6.45) is 0. The Morgan fingerprint density at radius 2 is 1.95 bits per heavy atom. The largest absolute Gasteiger partial charge is 0.496 e. The van der Waals surface area contributed by atoms with Crippen molar-refractivity contribution in [2.75, 3.05) is 7.11 Å². The van der Waals surface area contributed by atoms with Gasteiger partial charge in [-0.25, -0.2) is 0 Å². The highest BCUT2D eigenvalue weighted by Gasteiger charge is 2.08. The van der Waals surface area contributed by atoms with E-state index in [1.807, 2.05) is 36.4 Å². The summed E-state index contributed by atoms with van der Waals surface area (Å²) >= 11 is 3.43. The minimum absolute atomic E-state index is 0.0138. The molecule has 0 aliphatic heterocycles. The molecule has 2 aromatic rings. The van der Waals surface area contributed by atoms with Crippen LogP contribution >= 0.6 is 15.9 Å². The van der Waals surface area contributed by atoms with E-state index in [-0.39, 0.29) is 5.84 Å². The van der Waals surface area contributed by atoms with Gasteiger partial charge in [0.25, 0.3) is 0 Å². The summed E-state index contributed by atoms with van der Waals surface area (Å²) in [7, 11) is 1.56. The standard InChI is InChI=1S/C15H15BrN2O2/c1-19-14-8-10(6-7-11(14)15(17)18)9-20-13-5-3-2-4-12(13)16/h2-8H,9H2,1H3,(H3,17,18). The molecular formula is C15H15BrN2O2. The minimum Gasteiger partial charge on any atom is -0.496 e. The number of halogens is 1. The summed E-state index contributed by atoms with van der Waals surface area (Å²) in [6.45, 7) is 0.414. The second-order valence-corrected chi connectivity index (χ2v) is 5.02. The second-order valence-electron chi connectivity index (χ2n) is 4.17. The third kappa shape index (κ3) is 3.30. The number of hydrogen-bond acceptors (Lipinski definition) is 3. The van der Waals surface area contributed by atoms with Crippen molar-refractivity contribution in [1.29, 1.82) is 5.41 Å². The van der Waals surface area contributed by atoms with Gasteiger partial charge in [0.1, 0.15) is 23.9 Å². The molecule has 104 valence electrons. The number of amidine groups is 1. The normalized spacial score (nSPS) is 10.1. The summed E-state index contributed by atoms with van der Waals surface area (Å²) in [5.74, 6) is 1.34. The molecule has 0 fully saturated rings. The fourth-order valence-electron chi connectivity index (χ4n) is 1.77. The van der Waals surface area contributed by atoms with Crippen molar-refractivity contribution in [3.8, 4) is 11.5 Å². The zero-order chi connectivity index (χ0) is 14.5. The molecule has 0 radical (unpaired) electrons. The molecule has 0 aliphatic rings. The van der Waals surface area contributed by atoms with E-state index < -0.39 is 0 Å². The Morgan fingerprint density at radius 1 is 1.20 bits per heavy atom. The average molecular weight is 335 g/mol. The van der Waals surface area contributed by atoms with Gasteiger partial charge in [0, 0.05) is 0 Å². The van der Waals surface area contributed by atoms with E-state index in [1.165, 1.54) is 0 Å². The number of para-hydroxylation sites is 1. The number of nitrogens with two attached hydrogens (primary N) is 1. The van der Waals surface area contributed by atoms with E-state index in [9.17, 15) is 0 Å². The molecule has 0 saturated heterocycles. The molecule has 5 heteroatoms. The van der Waals surface area contributed by atoms with Crippen molar-refractivity contribution in [2.45, 2.75) is 6.61 Å². The van der Waals surface area contributed by atoms with Crippen molar-refractivity contribution >= 4 is 21.8 Å². The Kier molecular flexibility index (Phi) is 4.63. The fraction of sp³-hybridized carbons (Fsp3) is 0.133. The monoisotopic (exact) mass is 334 g/mol. The maximum Gasteiger partial charge on any atom is 0.133 e. The lowest BCUT2D eigenvalue weighted by Gasteiger charge is -2.11. The molecule has 0 unspecified atom stereocenters. The maximum absolute atomic E-state index is 7.47. The van der Waals surface area contributed by atoms with Gasteiger partial charge in [0.05, 0.1) is 17.1 Å². The summed E-state index contributed by atoms with van der Waals surface area (Å²) in [6, 6.07) is 13.1. The molecule has 0 aromatic heterocycles. The first-order valence-corrected chi connectivity index (χ1v) is 6.79. The predicted octanol–water partition coefficient (Wildman–Crippen LogP) is 3.32. The van der Waals surface area contributed by atoms with Crippen molar-refractivity contribution in [2.24, 2.45) is 5.73 Å². The van der Waals surface area contributed by atoms with Crippen LogP contribution in [0.25, 0.3) is 0 Å². The Labute approximate surface area is 126 Å². The average Bonchev–Trinajstić information content (AvgIpc) is 2.46. The van der Waals surface area contributed by atoms with E-state index in [2.05, 4.69) is 15.9 Å². The summed E-state index contributed by atoms with van der Waals surface area (Å²) in [4.78, 5) is 0. The van der Waals surface area contributed by atoms with Crippen molar-refractivity contribution in [3.05, 3.63) is 58.1 Å². The van der Waals surface area contributed by atoms with Gasteiger partial charge in [-0.05, 0) is 45.8 Å². The number of rotatable bonds is 5. The van der Waals surface area contributed by atoms with Crippen molar-refractivity contribution in [3.63, 3.8) is 0 Å². The van der Waals surface area contributed by atoms with Crippen molar-refractivity contribution < 1.29 is 9.47 Å². The van der Waals surface area contributed by atoms with Crippen molar-refractivity contribution in [1.82, 2.24) is 0 Å². The molecule has 0 amide bonds. The number of nitrogen functional groups attached to an aromatic ring is 1. The predicted molar refractivity (Wildman–Crippen MR) is 82.5 cm³/mol. The quantitative estimate of drug-likeness (QED) is 0.651. The van der Waals surface area contributed by atoms with Gasteiger partial charge >= 0.3 is 0 Å². The van der Waals surface area contributed by atoms with E-state index in [4.69, 9.17) is 20.6 Å². The summed E-state index contributed by atoms with van der Waals surface area (Å²) < 4.78 is 11.9. The highest BCUT2D eigenvalue weighted by atomic mass is 79.9. The van der Waals surface area contributed by atoms with E-state index in [0.29, 0.717) is 17.9 Å². The van der Waals surface area contributed by atoms with Crippen LogP contribution in [0.3, 0.4) is 0 Å². The first-order valence-electron chi connectivity index (χ1n) is 6.00. The molecule has 0 heterocycles. The Morgan fingerprint density at radius 3 is 2.60 bits per heavy atom. The minimum atomic E-state index is -0.0138. The van der Waals surface area contributed by atoms with Crippen LogP contribution in [0.4, 0.5) is 0 Å². The number of nitrogens with one attached hydrogen (secondary N) is 1. The van der Waals surface area contributed by atoms with Crippen LogP contribution in [-0.2, 0) is 6.61 Å². The lowest BCUT2D eigenvalue weighted by atomic mass is 10.1. The molecule has 3 N–H and O–H groups in total. The molecule has 0 spiro atoms. The maximum atomic E-state index is 7.47. The van der Waals surface area contributed by atoms with Gasteiger partial charge in [0.15, 0.2) is 0 Å². The first kappa shape index (κ1) is 14.4. The molecule has 2 rings (SSSR count). The SMILES string of the molecule is COc1cc(COc2ccccc2Br)ccc1C(=N)N. The molecule has 4 nitrogen and oxygen atoms in total. The highest BCUT2D eigenvalue weighted by molar-refractivity contribution is 9.10. The van der Waals surface area contributed by atoms with Crippen LogP contribution in [0, 0.1) is 5.41 Å². The molecule has 0 atom stereocenters. The number of methoxy groups -OCH3 is 1. The van der Waals surface area contributed by atoms with Crippen LogP contribution in [0.15, 0.2) is 46.9 Å². The number of hydrogen-bond donors (Lipinski definition) is 2. The number of ether oxygens (including phenoxy) is 2. The van der Waals surface area contributed by atoms with Crippen LogP contribution in [0.2, 0.25) is 0 Å². The molecular weight excluding hydrogens is 320 g/mol. The van der Waals surface area contributed by atoms with Gasteiger partial charge < -0.3 is 15.2 Å². The highest BCUT2D eigenvalue weighted by Crippen LogP contribution is 2.26. The fourth-order valence-corrected chi connectivity index (χ4v) is 2.17. The zero-order valence-corrected chi connectivity index (χ0v) is 12.6. The molecule has 0 aliphatic carbocycles.